The lowest BCUT2D eigenvalue weighted by atomic mass is 10.1. The summed E-state index contributed by atoms with van der Waals surface area (Å²) in [6, 6.07) is 15.0. The first-order valence-electron chi connectivity index (χ1n) is 12.3. The van der Waals surface area contributed by atoms with Crippen molar-refractivity contribution in [3.63, 3.8) is 0 Å². The predicted molar refractivity (Wildman–Crippen MR) is 141 cm³/mol. The number of nitrogens with one attached hydrogen (secondary N) is 1. The summed E-state index contributed by atoms with van der Waals surface area (Å²) >= 11 is 0. The van der Waals surface area contributed by atoms with Crippen molar-refractivity contribution in [1.29, 1.82) is 0 Å². The summed E-state index contributed by atoms with van der Waals surface area (Å²) in [5.74, 6) is -1.74. The minimum Gasteiger partial charge on any atom is -0.478 e. The molecule has 1 aliphatic heterocycles. The topological polar surface area (TPSA) is 139 Å². The van der Waals surface area contributed by atoms with Crippen molar-refractivity contribution in [3.8, 4) is 22.8 Å². The normalized spacial score (nSPS) is 13.8. The number of halogens is 1. The number of hydrogen-bond donors (Lipinski definition) is 3. The van der Waals surface area contributed by atoms with Gasteiger partial charge >= 0.3 is 11.9 Å². The van der Waals surface area contributed by atoms with Crippen molar-refractivity contribution in [1.82, 2.24) is 15.3 Å². The van der Waals surface area contributed by atoms with Crippen LogP contribution in [-0.4, -0.2) is 75.7 Å². The van der Waals surface area contributed by atoms with E-state index in [4.69, 9.17) is 14.9 Å². The number of carboxylic acid groups (broad SMARTS) is 2. The van der Waals surface area contributed by atoms with Gasteiger partial charge in [-0.3, -0.25) is 4.79 Å². The van der Waals surface area contributed by atoms with E-state index >= 15 is 0 Å². The van der Waals surface area contributed by atoms with E-state index < -0.39 is 11.9 Å². The van der Waals surface area contributed by atoms with Crippen molar-refractivity contribution in [2.24, 2.45) is 0 Å². The molecule has 11 heteroatoms. The number of carbonyl (C=O) groups excluding carboxylic acids is 1. The highest BCUT2D eigenvalue weighted by Gasteiger charge is 2.26. The van der Waals surface area contributed by atoms with Crippen LogP contribution in [0.5, 0.6) is 11.5 Å². The molecular weight excluding hydrogens is 507 g/mol. The second-order valence-corrected chi connectivity index (χ2v) is 9.11. The van der Waals surface area contributed by atoms with Gasteiger partial charge in [-0.15, -0.1) is 0 Å². The maximum absolute atomic E-state index is 13.0. The van der Waals surface area contributed by atoms with E-state index in [0.29, 0.717) is 35.9 Å². The fourth-order valence-corrected chi connectivity index (χ4v) is 3.94. The largest absolute Gasteiger partial charge is 0.478 e. The Kier molecular flexibility index (Phi) is 10.2. The number of benzene rings is 2. The molecule has 204 valence electrons. The molecule has 1 aliphatic rings. The number of likely N-dealkylation sites (N-methyl/N-ethyl adjacent to an activating group) is 1. The second kappa shape index (κ2) is 13.8. The molecule has 1 saturated heterocycles. The van der Waals surface area contributed by atoms with E-state index in [1.165, 1.54) is 38.1 Å². The molecule has 0 saturated carbocycles. The maximum atomic E-state index is 13.0. The summed E-state index contributed by atoms with van der Waals surface area (Å²) in [5.41, 5.74) is 1.50. The Balaban J connectivity index is 0.000000459. The van der Waals surface area contributed by atoms with Crippen LogP contribution in [-0.2, 0) is 9.59 Å². The third kappa shape index (κ3) is 9.63. The highest BCUT2D eigenvalue weighted by molar-refractivity contribution is 5.91. The second-order valence-electron chi connectivity index (χ2n) is 9.11. The molecule has 2 aromatic carbocycles. The first-order valence-corrected chi connectivity index (χ1v) is 12.3. The minimum atomic E-state index is -1.26. The molecule has 10 nitrogen and oxygen atoms in total. The zero-order valence-corrected chi connectivity index (χ0v) is 21.4. The molecule has 4 rings (SSSR count). The minimum absolute atomic E-state index is 0.160. The quantitative estimate of drug-likeness (QED) is 0.277. The number of nitrogens with zero attached hydrogens (tertiary/aromatic N) is 3. The summed E-state index contributed by atoms with van der Waals surface area (Å²) in [5, 5.41) is 18.6. The van der Waals surface area contributed by atoms with E-state index in [1.54, 1.807) is 36.5 Å². The first kappa shape index (κ1) is 28.9. The Bertz CT molecular complexity index is 1290. The standard InChI is InChI=1S/C24H25FN4O2.C4H4O4/c1-29(15-2-3-16-29)17-14-27-24(30)23-26-13-12-22(28-23)18-4-8-20(9-5-18)31-21-10-6-19(25)7-11-21;5-3(6)1-2-4(7)8/h4-13H,2-3,14-17H2,1H3;1-2H,(H,5,6)(H,7,8)/p+1/b;2-1-. The van der Waals surface area contributed by atoms with Crippen LogP contribution in [0.3, 0.4) is 0 Å². The fourth-order valence-electron chi connectivity index (χ4n) is 3.94. The monoisotopic (exact) mass is 537 g/mol. The number of aromatic nitrogens is 2. The van der Waals surface area contributed by atoms with E-state index in [9.17, 15) is 18.8 Å². The van der Waals surface area contributed by atoms with Gasteiger partial charge < -0.3 is 24.7 Å². The van der Waals surface area contributed by atoms with Crippen molar-refractivity contribution in [2.75, 3.05) is 33.2 Å². The lowest BCUT2D eigenvalue weighted by molar-refractivity contribution is -0.896. The third-order valence-corrected chi connectivity index (χ3v) is 6.01. The highest BCUT2D eigenvalue weighted by atomic mass is 19.1. The summed E-state index contributed by atoms with van der Waals surface area (Å²) in [7, 11) is 2.24. The van der Waals surface area contributed by atoms with Gasteiger partial charge in [0.2, 0.25) is 5.82 Å². The Morgan fingerprint density at radius 2 is 1.51 bits per heavy atom. The van der Waals surface area contributed by atoms with E-state index in [1.807, 2.05) is 12.1 Å². The fraction of sp³-hybridized carbons (Fsp3) is 0.250. The number of ether oxygens (including phenoxy) is 1. The van der Waals surface area contributed by atoms with Crippen LogP contribution in [0.15, 0.2) is 72.9 Å². The van der Waals surface area contributed by atoms with Crippen LogP contribution >= 0.6 is 0 Å². The molecule has 0 bridgehead atoms. The molecule has 2 heterocycles. The molecule has 0 aliphatic carbocycles. The molecule has 0 atom stereocenters. The number of carbonyl (C=O) groups is 3. The lowest BCUT2D eigenvalue weighted by Gasteiger charge is -2.29. The van der Waals surface area contributed by atoms with Crippen LogP contribution in [0.4, 0.5) is 4.39 Å². The van der Waals surface area contributed by atoms with Crippen LogP contribution in [0.25, 0.3) is 11.3 Å². The van der Waals surface area contributed by atoms with Crippen molar-refractivity contribution < 1.29 is 38.2 Å². The Morgan fingerprint density at radius 3 is 2.08 bits per heavy atom. The number of likely N-dealkylation sites (tertiary alicyclic amines) is 1. The van der Waals surface area contributed by atoms with E-state index in [2.05, 4.69) is 22.3 Å². The number of hydrogen-bond acceptors (Lipinski definition) is 6. The smallest absolute Gasteiger partial charge is 0.328 e. The van der Waals surface area contributed by atoms with Crippen LogP contribution < -0.4 is 10.1 Å². The SMILES string of the molecule is C[N+]1(CCNC(=O)c2nccc(-c3ccc(Oc4ccc(F)cc4)cc3)n2)CCCC1.O=C(O)/C=C\C(=O)O. The zero-order valence-electron chi connectivity index (χ0n) is 21.4. The van der Waals surface area contributed by atoms with Gasteiger partial charge in [-0.1, -0.05) is 0 Å². The number of rotatable bonds is 9. The molecule has 1 fully saturated rings. The van der Waals surface area contributed by atoms with Gasteiger partial charge in [0.1, 0.15) is 17.3 Å². The Labute approximate surface area is 225 Å². The van der Waals surface area contributed by atoms with Crippen molar-refractivity contribution in [3.05, 3.63) is 84.6 Å². The van der Waals surface area contributed by atoms with Gasteiger partial charge in [0.05, 0.1) is 38.9 Å². The summed E-state index contributed by atoms with van der Waals surface area (Å²) in [6.45, 7) is 3.87. The van der Waals surface area contributed by atoms with E-state index in [-0.39, 0.29) is 17.5 Å². The van der Waals surface area contributed by atoms with E-state index in [0.717, 1.165) is 16.6 Å². The number of amides is 1. The van der Waals surface area contributed by atoms with Crippen LogP contribution in [0.2, 0.25) is 0 Å². The van der Waals surface area contributed by atoms with Crippen molar-refractivity contribution in [2.45, 2.75) is 12.8 Å². The molecule has 3 aromatic rings. The summed E-state index contributed by atoms with van der Waals surface area (Å²) in [6.07, 6.45) is 5.21. The number of quaternary nitrogens is 1. The molecule has 1 aromatic heterocycles. The van der Waals surface area contributed by atoms with Gasteiger partial charge in [-0.25, -0.2) is 23.9 Å². The van der Waals surface area contributed by atoms with Gasteiger partial charge in [0.25, 0.3) is 5.91 Å². The third-order valence-electron chi connectivity index (χ3n) is 6.01. The number of aliphatic carboxylic acids is 2. The molecular formula is C28H30FN4O6+. The molecule has 1 amide bonds. The van der Waals surface area contributed by atoms with Gasteiger partial charge in [-0.2, -0.15) is 0 Å². The average molecular weight is 538 g/mol. The Morgan fingerprint density at radius 1 is 0.949 bits per heavy atom. The van der Waals surface area contributed by atoms with Crippen LogP contribution in [0, 0.1) is 5.82 Å². The molecule has 3 N–H and O–H groups in total. The predicted octanol–water partition coefficient (Wildman–Crippen LogP) is 3.76. The molecule has 0 radical (unpaired) electrons. The van der Waals surface area contributed by atoms with Crippen molar-refractivity contribution >= 4 is 17.8 Å². The van der Waals surface area contributed by atoms with Gasteiger partial charge in [0, 0.05) is 36.8 Å². The van der Waals surface area contributed by atoms with Gasteiger partial charge in [0.15, 0.2) is 0 Å². The lowest BCUT2D eigenvalue weighted by Crippen LogP contribution is -2.46. The summed E-state index contributed by atoms with van der Waals surface area (Å²) in [4.78, 5) is 40.2. The molecule has 0 unspecified atom stereocenters. The number of carboxylic acids is 2. The van der Waals surface area contributed by atoms with Gasteiger partial charge in [-0.05, 0) is 54.6 Å². The Hall–Kier alpha value is -4.64. The average Bonchev–Trinajstić information content (AvgIpc) is 3.36. The summed E-state index contributed by atoms with van der Waals surface area (Å²) < 4.78 is 19.7. The maximum Gasteiger partial charge on any atom is 0.328 e. The molecule has 39 heavy (non-hydrogen) atoms. The highest BCUT2D eigenvalue weighted by Crippen LogP contribution is 2.25. The first-order chi connectivity index (χ1) is 18.6. The molecule has 0 spiro atoms. The zero-order chi connectivity index (χ0) is 28.3. The van der Waals surface area contributed by atoms with Crippen LogP contribution in [0.1, 0.15) is 23.5 Å².